The first-order valence-electron chi connectivity index (χ1n) is 5.72. The molecule has 0 amide bonds. The summed E-state index contributed by atoms with van der Waals surface area (Å²) >= 11 is 3.37. The molecule has 1 heterocycles. The maximum Gasteiger partial charge on any atom is 0.106 e. The predicted octanol–water partition coefficient (Wildman–Crippen LogP) is 3.60. The fraction of sp³-hybridized carbons (Fsp3) is 0.214. The first-order chi connectivity index (χ1) is 8.79. The van der Waals surface area contributed by atoms with Gasteiger partial charge in [0.1, 0.15) is 4.60 Å². The van der Waals surface area contributed by atoms with Crippen LogP contribution in [0.5, 0.6) is 0 Å². The van der Waals surface area contributed by atoms with Gasteiger partial charge in [0.15, 0.2) is 0 Å². The number of benzene rings is 1. The molecule has 0 aliphatic carbocycles. The van der Waals surface area contributed by atoms with Gasteiger partial charge in [0.2, 0.25) is 0 Å². The zero-order chi connectivity index (χ0) is 12.8. The highest BCUT2D eigenvalue weighted by Gasteiger charge is 2.01. The van der Waals surface area contributed by atoms with Crippen LogP contribution in [0.15, 0.2) is 47.1 Å². The summed E-state index contributed by atoms with van der Waals surface area (Å²) in [7, 11) is 1.70. The molecule has 2 rings (SSSR count). The number of ether oxygens (including phenoxy) is 1. The smallest absolute Gasteiger partial charge is 0.106 e. The Kier molecular flexibility index (Phi) is 4.73. The molecule has 4 heteroatoms. The monoisotopic (exact) mass is 306 g/mol. The zero-order valence-electron chi connectivity index (χ0n) is 10.2. The molecule has 0 bridgehead atoms. The van der Waals surface area contributed by atoms with Gasteiger partial charge < -0.3 is 10.1 Å². The Morgan fingerprint density at radius 2 is 2.00 bits per heavy atom. The van der Waals surface area contributed by atoms with Crippen molar-refractivity contribution in [3.63, 3.8) is 0 Å². The lowest BCUT2D eigenvalue weighted by molar-refractivity contribution is 0.185. The molecule has 3 nitrogen and oxygen atoms in total. The van der Waals surface area contributed by atoms with Gasteiger partial charge in [-0.25, -0.2) is 4.98 Å². The van der Waals surface area contributed by atoms with Crippen LogP contribution < -0.4 is 5.32 Å². The Morgan fingerprint density at radius 1 is 1.17 bits per heavy atom. The molecule has 1 N–H and O–H groups in total. The molecule has 18 heavy (non-hydrogen) atoms. The van der Waals surface area contributed by atoms with Crippen molar-refractivity contribution >= 4 is 21.6 Å². The molecule has 0 fully saturated rings. The topological polar surface area (TPSA) is 34.1 Å². The second-order valence-corrected chi connectivity index (χ2v) is 4.71. The molecule has 94 valence electrons. The van der Waals surface area contributed by atoms with Gasteiger partial charge in [-0.2, -0.15) is 0 Å². The Hall–Kier alpha value is -1.39. The number of anilines is 1. The van der Waals surface area contributed by atoms with Crippen LogP contribution in [-0.2, 0) is 17.9 Å². The Labute approximate surface area is 115 Å². The lowest BCUT2D eigenvalue weighted by Crippen LogP contribution is -2.04. The number of methoxy groups -OCH3 is 1. The summed E-state index contributed by atoms with van der Waals surface area (Å²) in [5.41, 5.74) is 3.23. The molecule has 0 spiro atoms. The lowest BCUT2D eigenvalue weighted by atomic mass is 10.2. The number of aromatic nitrogens is 1. The van der Waals surface area contributed by atoms with Crippen molar-refractivity contribution in [2.45, 2.75) is 13.2 Å². The van der Waals surface area contributed by atoms with Crippen molar-refractivity contribution < 1.29 is 4.74 Å². The van der Waals surface area contributed by atoms with Crippen molar-refractivity contribution in [1.29, 1.82) is 0 Å². The molecule has 0 radical (unpaired) electrons. The normalized spacial score (nSPS) is 10.3. The van der Waals surface area contributed by atoms with Gasteiger partial charge in [0, 0.05) is 18.4 Å². The molecule has 0 saturated carbocycles. The van der Waals surface area contributed by atoms with E-state index in [1.54, 1.807) is 7.11 Å². The van der Waals surface area contributed by atoms with Gasteiger partial charge in [-0.05, 0) is 34.1 Å². The Bertz CT molecular complexity index is 517. The van der Waals surface area contributed by atoms with Crippen molar-refractivity contribution in [2.24, 2.45) is 0 Å². The van der Waals surface area contributed by atoms with Crippen LogP contribution in [-0.4, -0.2) is 12.1 Å². The summed E-state index contributed by atoms with van der Waals surface area (Å²) < 4.78 is 6.03. The molecule has 2 aromatic rings. The second kappa shape index (κ2) is 6.52. The standard InChI is InChI=1S/C14H15BrN2O/c1-18-10-11-5-2-3-7-13(11)16-9-12-6-4-8-14(15)17-12/h2-8,16H,9-10H2,1H3. The van der Waals surface area contributed by atoms with E-state index in [2.05, 4.69) is 32.3 Å². The summed E-state index contributed by atoms with van der Waals surface area (Å²) in [5.74, 6) is 0. The van der Waals surface area contributed by atoms with Gasteiger partial charge in [0.25, 0.3) is 0 Å². The quantitative estimate of drug-likeness (QED) is 0.857. The van der Waals surface area contributed by atoms with Gasteiger partial charge in [-0.3, -0.25) is 0 Å². The van der Waals surface area contributed by atoms with Gasteiger partial charge in [-0.1, -0.05) is 24.3 Å². The van der Waals surface area contributed by atoms with E-state index >= 15 is 0 Å². The minimum Gasteiger partial charge on any atom is -0.380 e. The van der Waals surface area contributed by atoms with E-state index in [0.717, 1.165) is 21.5 Å². The van der Waals surface area contributed by atoms with Crippen molar-refractivity contribution in [2.75, 3.05) is 12.4 Å². The van der Waals surface area contributed by atoms with Gasteiger partial charge in [0.05, 0.1) is 18.8 Å². The van der Waals surface area contributed by atoms with E-state index in [4.69, 9.17) is 4.74 Å². The summed E-state index contributed by atoms with van der Waals surface area (Å²) in [4.78, 5) is 4.39. The number of rotatable bonds is 5. The number of pyridine rings is 1. The summed E-state index contributed by atoms with van der Waals surface area (Å²) in [6.07, 6.45) is 0. The minimum absolute atomic E-state index is 0.606. The van der Waals surface area contributed by atoms with E-state index < -0.39 is 0 Å². The number of para-hydroxylation sites is 1. The lowest BCUT2D eigenvalue weighted by Gasteiger charge is -2.11. The maximum atomic E-state index is 5.18. The average Bonchev–Trinajstić information content (AvgIpc) is 2.38. The summed E-state index contributed by atoms with van der Waals surface area (Å²) in [6, 6.07) is 14.0. The number of nitrogens with zero attached hydrogens (tertiary/aromatic N) is 1. The van der Waals surface area contributed by atoms with E-state index in [1.165, 1.54) is 0 Å². The Morgan fingerprint density at radius 3 is 2.78 bits per heavy atom. The number of hydrogen-bond acceptors (Lipinski definition) is 3. The molecule has 1 aromatic carbocycles. The van der Waals surface area contributed by atoms with Crippen molar-refractivity contribution in [1.82, 2.24) is 4.98 Å². The van der Waals surface area contributed by atoms with Crippen molar-refractivity contribution in [3.8, 4) is 0 Å². The highest BCUT2D eigenvalue weighted by Crippen LogP contribution is 2.17. The highest BCUT2D eigenvalue weighted by atomic mass is 79.9. The van der Waals surface area contributed by atoms with Crippen LogP contribution in [0.2, 0.25) is 0 Å². The van der Waals surface area contributed by atoms with E-state index in [9.17, 15) is 0 Å². The SMILES string of the molecule is COCc1ccccc1NCc1cccc(Br)n1. The maximum absolute atomic E-state index is 5.18. The third-order valence-electron chi connectivity index (χ3n) is 2.55. The highest BCUT2D eigenvalue weighted by molar-refractivity contribution is 9.10. The predicted molar refractivity (Wildman–Crippen MR) is 76.4 cm³/mol. The van der Waals surface area contributed by atoms with E-state index in [0.29, 0.717) is 13.2 Å². The first-order valence-corrected chi connectivity index (χ1v) is 6.51. The van der Waals surface area contributed by atoms with Crippen LogP contribution in [0.25, 0.3) is 0 Å². The molecular weight excluding hydrogens is 292 g/mol. The minimum atomic E-state index is 0.606. The van der Waals surface area contributed by atoms with Crippen LogP contribution in [0.1, 0.15) is 11.3 Å². The average molecular weight is 307 g/mol. The van der Waals surface area contributed by atoms with E-state index in [-0.39, 0.29) is 0 Å². The van der Waals surface area contributed by atoms with Gasteiger partial charge >= 0.3 is 0 Å². The molecule has 1 aromatic heterocycles. The molecule has 0 unspecified atom stereocenters. The van der Waals surface area contributed by atoms with Crippen LogP contribution >= 0.6 is 15.9 Å². The number of hydrogen-bond donors (Lipinski definition) is 1. The molecule has 0 aliphatic rings. The second-order valence-electron chi connectivity index (χ2n) is 3.90. The fourth-order valence-corrected chi connectivity index (χ4v) is 2.09. The summed E-state index contributed by atoms with van der Waals surface area (Å²) in [5, 5.41) is 3.38. The van der Waals surface area contributed by atoms with Crippen LogP contribution in [0, 0.1) is 0 Å². The molecule has 0 aliphatic heterocycles. The third kappa shape index (κ3) is 3.55. The van der Waals surface area contributed by atoms with Crippen LogP contribution in [0.4, 0.5) is 5.69 Å². The largest absolute Gasteiger partial charge is 0.380 e. The molecular formula is C14H15BrN2O. The Balaban J connectivity index is 2.06. The number of halogens is 1. The van der Waals surface area contributed by atoms with Crippen LogP contribution in [0.3, 0.4) is 0 Å². The van der Waals surface area contributed by atoms with Gasteiger partial charge in [-0.15, -0.1) is 0 Å². The molecule has 0 atom stereocenters. The zero-order valence-corrected chi connectivity index (χ0v) is 11.8. The summed E-state index contributed by atoms with van der Waals surface area (Å²) in [6.45, 7) is 1.30. The molecule has 0 saturated heterocycles. The first kappa shape index (κ1) is 13.1. The third-order valence-corrected chi connectivity index (χ3v) is 2.99. The fourth-order valence-electron chi connectivity index (χ4n) is 1.71. The van der Waals surface area contributed by atoms with E-state index in [1.807, 2.05) is 36.4 Å². The number of nitrogens with one attached hydrogen (secondary N) is 1. The van der Waals surface area contributed by atoms with Crippen molar-refractivity contribution in [3.05, 3.63) is 58.3 Å².